The second kappa shape index (κ2) is 5.26. The summed E-state index contributed by atoms with van der Waals surface area (Å²) in [6.07, 6.45) is 4.92. The highest BCUT2D eigenvalue weighted by Crippen LogP contribution is 2.10. The second-order valence-corrected chi connectivity index (χ2v) is 3.37. The fourth-order valence-electron chi connectivity index (χ4n) is 1.19. The monoisotopic (exact) mass is 223 g/mol. The van der Waals surface area contributed by atoms with Crippen LogP contribution in [0.1, 0.15) is 5.56 Å². The average molecular weight is 223 g/mol. The molecule has 0 unspecified atom stereocenters. The first kappa shape index (κ1) is 12.2. The zero-order valence-corrected chi connectivity index (χ0v) is 8.84. The van der Waals surface area contributed by atoms with Gasteiger partial charge in [-0.25, -0.2) is 8.78 Å². The Kier molecular flexibility index (Phi) is 4.01. The van der Waals surface area contributed by atoms with Crippen molar-refractivity contribution in [1.82, 2.24) is 4.90 Å². The quantitative estimate of drug-likeness (QED) is 0.713. The van der Waals surface area contributed by atoms with Gasteiger partial charge in [-0.05, 0) is 11.6 Å². The molecule has 0 aliphatic carbocycles. The molecule has 84 valence electrons. The first-order chi connectivity index (χ1) is 7.54. The van der Waals surface area contributed by atoms with Crippen molar-refractivity contribution in [2.24, 2.45) is 0 Å². The van der Waals surface area contributed by atoms with Gasteiger partial charge in [0, 0.05) is 13.1 Å². The van der Waals surface area contributed by atoms with Gasteiger partial charge in [0.25, 0.3) is 0 Å². The van der Waals surface area contributed by atoms with E-state index < -0.39 is 11.6 Å². The average Bonchev–Trinajstić information content (AvgIpc) is 2.22. The number of hydrogen-bond donors (Lipinski definition) is 0. The number of hydrogen-bond acceptors (Lipinski definition) is 1. The van der Waals surface area contributed by atoms with Crippen LogP contribution in [-0.2, 0) is 11.2 Å². The van der Waals surface area contributed by atoms with Gasteiger partial charge in [-0.2, -0.15) is 0 Å². The molecule has 0 N–H and O–H groups in total. The molecule has 16 heavy (non-hydrogen) atoms. The SMILES string of the molecule is C#CCN(C)C(=O)Cc1ccc(F)cc1F. The maximum atomic E-state index is 13.2. The first-order valence-electron chi connectivity index (χ1n) is 4.66. The molecule has 0 bridgehead atoms. The van der Waals surface area contributed by atoms with Gasteiger partial charge in [-0.3, -0.25) is 4.79 Å². The third-order valence-electron chi connectivity index (χ3n) is 2.11. The third-order valence-corrected chi connectivity index (χ3v) is 2.11. The molecule has 0 saturated heterocycles. The zero-order chi connectivity index (χ0) is 12.1. The fourth-order valence-corrected chi connectivity index (χ4v) is 1.19. The van der Waals surface area contributed by atoms with Gasteiger partial charge in [-0.1, -0.05) is 12.0 Å². The Morgan fingerprint density at radius 3 is 2.75 bits per heavy atom. The summed E-state index contributed by atoms with van der Waals surface area (Å²) < 4.78 is 25.8. The largest absolute Gasteiger partial charge is 0.334 e. The lowest BCUT2D eigenvalue weighted by Gasteiger charge is -2.13. The van der Waals surface area contributed by atoms with Gasteiger partial charge in [-0.15, -0.1) is 6.42 Å². The molecule has 0 radical (unpaired) electrons. The lowest BCUT2D eigenvalue weighted by molar-refractivity contribution is -0.128. The molecule has 0 aliphatic rings. The number of likely N-dealkylation sites (N-methyl/N-ethyl adjacent to an activating group) is 1. The van der Waals surface area contributed by atoms with Crippen molar-refractivity contribution in [2.75, 3.05) is 13.6 Å². The normalized spacial score (nSPS) is 9.62. The third kappa shape index (κ3) is 3.06. The van der Waals surface area contributed by atoms with Gasteiger partial charge in [0.2, 0.25) is 5.91 Å². The van der Waals surface area contributed by atoms with Gasteiger partial charge in [0.15, 0.2) is 0 Å². The van der Waals surface area contributed by atoms with Crippen molar-refractivity contribution in [3.63, 3.8) is 0 Å². The van der Waals surface area contributed by atoms with Crippen LogP contribution in [0.15, 0.2) is 18.2 Å². The molecule has 0 aliphatic heterocycles. The standard InChI is InChI=1S/C12H11F2NO/c1-3-6-15(2)12(16)7-9-4-5-10(13)8-11(9)14/h1,4-5,8H,6-7H2,2H3. The van der Waals surface area contributed by atoms with Crippen LogP contribution >= 0.6 is 0 Å². The number of carbonyl (C=O) groups excluding carboxylic acids is 1. The summed E-state index contributed by atoms with van der Waals surface area (Å²) in [6.45, 7) is 0.168. The Morgan fingerprint density at radius 1 is 1.50 bits per heavy atom. The van der Waals surface area contributed by atoms with Crippen molar-refractivity contribution in [2.45, 2.75) is 6.42 Å². The summed E-state index contributed by atoms with van der Waals surface area (Å²) in [7, 11) is 1.53. The van der Waals surface area contributed by atoms with E-state index in [4.69, 9.17) is 6.42 Å². The summed E-state index contributed by atoms with van der Waals surface area (Å²) in [6, 6.07) is 3.13. The molecule has 1 aromatic carbocycles. The van der Waals surface area contributed by atoms with Crippen LogP contribution < -0.4 is 0 Å². The second-order valence-electron chi connectivity index (χ2n) is 3.37. The van der Waals surface area contributed by atoms with Crippen molar-refractivity contribution in [1.29, 1.82) is 0 Å². The Hall–Kier alpha value is -1.89. The molecule has 0 heterocycles. The molecule has 0 saturated carbocycles. The van der Waals surface area contributed by atoms with E-state index in [-0.39, 0.29) is 24.4 Å². The zero-order valence-electron chi connectivity index (χ0n) is 8.84. The molecule has 0 fully saturated rings. The molecule has 2 nitrogen and oxygen atoms in total. The van der Waals surface area contributed by atoms with Crippen LogP contribution in [0.3, 0.4) is 0 Å². The van der Waals surface area contributed by atoms with E-state index in [0.29, 0.717) is 0 Å². The minimum absolute atomic E-state index is 0.121. The number of amides is 1. The smallest absolute Gasteiger partial charge is 0.227 e. The predicted molar refractivity (Wildman–Crippen MR) is 56.5 cm³/mol. The van der Waals surface area contributed by atoms with Crippen LogP contribution in [0.5, 0.6) is 0 Å². The van der Waals surface area contributed by atoms with E-state index in [1.165, 1.54) is 18.0 Å². The fraction of sp³-hybridized carbons (Fsp3) is 0.250. The van der Waals surface area contributed by atoms with E-state index in [1.807, 2.05) is 0 Å². The number of rotatable bonds is 3. The molecular formula is C12H11F2NO. The molecule has 1 rings (SSSR count). The van der Waals surface area contributed by atoms with Crippen LogP contribution in [-0.4, -0.2) is 24.4 Å². The molecule has 0 atom stereocenters. The number of nitrogens with zero attached hydrogens (tertiary/aromatic N) is 1. The number of halogens is 2. The van der Waals surface area contributed by atoms with Crippen molar-refractivity contribution in [3.8, 4) is 12.3 Å². The Bertz CT molecular complexity index is 437. The van der Waals surface area contributed by atoms with Crippen molar-refractivity contribution < 1.29 is 13.6 Å². The first-order valence-corrected chi connectivity index (χ1v) is 4.66. The number of carbonyl (C=O) groups is 1. The highest BCUT2D eigenvalue weighted by atomic mass is 19.1. The van der Waals surface area contributed by atoms with Crippen LogP contribution in [0.2, 0.25) is 0 Å². The van der Waals surface area contributed by atoms with Crippen LogP contribution in [0, 0.1) is 24.0 Å². The topological polar surface area (TPSA) is 20.3 Å². The summed E-state index contributed by atoms with van der Waals surface area (Å²) in [4.78, 5) is 12.8. The highest BCUT2D eigenvalue weighted by Gasteiger charge is 2.12. The summed E-state index contributed by atoms with van der Waals surface area (Å²) >= 11 is 0. The van der Waals surface area contributed by atoms with Crippen molar-refractivity contribution >= 4 is 5.91 Å². The molecule has 1 aromatic rings. The molecule has 0 aromatic heterocycles. The van der Waals surface area contributed by atoms with Gasteiger partial charge < -0.3 is 4.90 Å². The van der Waals surface area contributed by atoms with Gasteiger partial charge >= 0.3 is 0 Å². The molecular weight excluding hydrogens is 212 g/mol. The summed E-state index contributed by atoms with van der Waals surface area (Å²) in [5.74, 6) is 0.626. The molecule has 1 amide bonds. The number of benzene rings is 1. The Labute approximate surface area is 92.9 Å². The maximum absolute atomic E-state index is 13.2. The number of terminal acetylenes is 1. The van der Waals surface area contributed by atoms with E-state index in [9.17, 15) is 13.6 Å². The molecule has 4 heteroatoms. The van der Waals surface area contributed by atoms with E-state index in [1.54, 1.807) is 0 Å². The van der Waals surface area contributed by atoms with Crippen LogP contribution in [0.25, 0.3) is 0 Å². The highest BCUT2D eigenvalue weighted by molar-refractivity contribution is 5.78. The lowest BCUT2D eigenvalue weighted by Crippen LogP contribution is -2.28. The lowest BCUT2D eigenvalue weighted by atomic mass is 10.1. The minimum Gasteiger partial charge on any atom is -0.334 e. The summed E-state index contributed by atoms with van der Waals surface area (Å²) in [5, 5.41) is 0. The van der Waals surface area contributed by atoms with Gasteiger partial charge in [0.1, 0.15) is 11.6 Å². The Morgan fingerprint density at radius 2 is 2.19 bits per heavy atom. The van der Waals surface area contributed by atoms with E-state index in [0.717, 1.165) is 12.1 Å². The predicted octanol–water partition coefficient (Wildman–Crippen LogP) is 1.60. The Balaban J connectivity index is 2.74. The van der Waals surface area contributed by atoms with Crippen molar-refractivity contribution in [3.05, 3.63) is 35.4 Å². The van der Waals surface area contributed by atoms with E-state index in [2.05, 4.69) is 5.92 Å². The molecule has 0 spiro atoms. The van der Waals surface area contributed by atoms with Crippen LogP contribution in [0.4, 0.5) is 8.78 Å². The minimum atomic E-state index is -0.720. The van der Waals surface area contributed by atoms with E-state index >= 15 is 0 Å². The maximum Gasteiger partial charge on any atom is 0.227 e. The van der Waals surface area contributed by atoms with Gasteiger partial charge in [0.05, 0.1) is 13.0 Å². The summed E-state index contributed by atoms with van der Waals surface area (Å²) in [5.41, 5.74) is 0.162.